The maximum Gasteiger partial charge on any atom is 0 e. The zero-order valence-electron chi connectivity index (χ0n) is 4.62. The average Bonchev–Trinajstić information content (AvgIpc) is 1.37. The van der Waals surface area contributed by atoms with E-state index in [9.17, 15) is 0 Å². The number of hydrogen-bond donors (Lipinski definition) is 0. The van der Waals surface area contributed by atoms with E-state index in [1.807, 2.05) is 0 Å². The molecular weight excluding hydrogens is 171 g/mol. The van der Waals surface area contributed by atoms with Crippen LogP contribution in [0.1, 0.15) is 19.8 Å². The van der Waals surface area contributed by atoms with Gasteiger partial charge in [0.1, 0.15) is 0 Å². The van der Waals surface area contributed by atoms with E-state index in [2.05, 4.69) is 13.8 Å². The molecule has 2 nitrogen and oxygen atoms in total. The minimum Gasteiger partial charge on any atom is -0.412 e. The quantitative estimate of drug-likeness (QED) is 0.514. The van der Waals surface area contributed by atoms with Gasteiger partial charge in [0.25, 0.3) is 0 Å². The van der Waals surface area contributed by atoms with E-state index in [0.717, 1.165) is 6.42 Å². The standard InChI is InChI=1S/C4H9.2H2O.Zr/c1-3-4-2;;;/h1,3-4H2,2H3;2*1H2;/q-1;;;. The fourth-order valence-corrected chi connectivity index (χ4v) is 0. The molecule has 0 saturated heterocycles. The molecule has 0 rings (SSSR count). The molecule has 0 bridgehead atoms. The monoisotopic (exact) mass is 183 g/mol. The summed E-state index contributed by atoms with van der Waals surface area (Å²) in [6, 6.07) is 0. The molecule has 0 unspecified atom stereocenters. The molecule has 0 heterocycles. The molecule has 0 aromatic rings. The number of hydrogen-bond acceptors (Lipinski definition) is 0. The van der Waals surface area contributed by atoms with Crippen molar-refractivity contribution in [1.82, 2.24) is 0 Å². The van der Waals surface area contributed by atoms with E-state index in [0.29, 0.717) is 0 Å². The third-order valence-electron chi connectivity index (χ3n) is 0.354. The van der Waals surface area contributed by atoms with Crippen LogP contribution in [0.25, 0.3) is 0 Å². The summed E-state index contributed by atoms with van der Waals surface area (Å²) in [7, 11) is 0. The third-order valence-corrected chi connectivity index (χ3v) is 0.354. The molecule has 46 valence electrons. The Labute approximate surface area is 64.0 Å². The minimum absolute atomic E-state index is 0. The molecule has 0 aromatic carbocycles. The molecule has 4 N–H and O–H groups in total. The van der Waals surface area contributed by atoms with Gasteiger partial charge in [0.2, 0.25) is 0 Å². The van der Waals surface area contributed by atoms with Crippen LogP contribution in [0.4, 0.5) is 0 Å². The van der Waals surface area contributed by atoms with Gasteiger partial charge in [0, 0.05) is 26.2 Å². The molecule has 0 fully saturated rings. The van der Waals surface area contributed by atoms with Crippen molar-refractivity contribution in [2.45, 2.75) is 19.8 Å². The largest absolute Gasteiger partial charge is 0.412 e. The van der Waals surface area contributed by atoms with Crippen LogP contribution in [0.15, 0.2) is 0 Å². The summed E-state index contributed by atoms with van der Waals surface area (Å²) in [6.07, 6.45) is 2.28. The normalized spacial score (nSPS) is 4.29. The predicted molar refractivity (Wildman–Crippen MR) is 27.5 cm³/mol. The maximum absolute atomic E-state index is 3.60. The Morgan fingerprint density at radius 3 is 1.43 bits per heavy atom. The first kappa shape index (κ1) is 25.0. The Balaban J connectivity index is -0.0000000150. The Morgan fingerprint density at radius 2 is 1.43 bits per heavy atom. The summed E-state index contributed by atoms with van der Waals surface area (Å²) >= 11 is 0. The van der Waals surface area contributed by atoms with Gasteiger partial charge in [-0.2, -0.15) is 6.42 Å². The van der Waals surface area contributed by atoms with E-state index in [4.69, 9.17) is 0 Å². The third kappa shape index (κ3) is 48.3. The molecule has 0 radical (unpaired) electrons. The zero-order chi connectivity index (χ0) is 3.41. The second kappa shape index (κ2) is 29.2. The van der Waals surface area contributed by atoms with E-state index in [-0.39, 0.29) is 37.2 Å². The van der Waals surface area contributed by atoms with Gasteiger partial charge in [-0.15, -0.1) is 0 Å². The topological polar surface area (TPSA) is 63.0 Å². The molecule has 0 aliphatic carbocycles. The molecule has 0 spiro atoms. The van der Waals surface area contributed by atoms with E-state index < -0.39 is 0 Å². The van der Waals surface area contributed by atoms with Gasteiger partial charge in [-0.3, -0.25) is 0 Å². The van der Waals surface area contributed by atoms with Crippen LogP contribution in [-0.4, -0.2) is 11.0 Å². The van der Waals surface area contributed by atoms with Crippen molar-refractivity contribution in [1.29, 1.82) is 0 Å². The van der Waals surface area contributed by atoms with Crippen molar-refractivity contribution in [2.24, 2.45) is 0 Å². The van der Waals surface area contributed by atoms with Gasteiger partial charge in [0.15, 0.2) is 0 Å². The van der Waals surface area contributed by atoms with Crippen LogP contribution >= 0.6 is 0 Å². The van der Waals surface area contributed by atoms with Crippen LogP contribution in [0, 0.1) is 6.92 Å². The maximum atomic E-state index is 3.60. The van der Waals surface area contributed by atoms with Gasteiger partial charge in [-0.1, -0.05) is 13.3 Å². The van der Waals surface area contributed by atoms with E-state index in [1.54, 1.807) is 0 Å². The van der Waals surface area contributed by atoms with Crippen molar-refractivity contribution >= 4 is 0 Å². The molecule has 3 heteroatoms. The average molecular weight is 184 g/mol. The Morgan fingerprint density at radius 1 is 1.29 bits per heavy atom. The van der Waals surface area contributed by atoms with Gasteiger partial charge in [-0.25, -0.2) is 0 Å². The smallest absolute Gasteiger partial charge is 0 e. The molecule has 0 saturated carbocycles. The molecule has 0 aliphatic heterocycles. The Kier molecular flexibility index (Phi) is 104. The molecule has 0 aromatic heterocycles. The minimum atomic E-state index is 0. The van der Waals surface area contributed by atoms with Crippen LogP contribution in [0.3, 0.4) is 0 Å². The first-order valence-corrected chi connectivity index (χ1v) is 1.71. The Hall–Kier alpha value is 0.803. The van der Waals surface area contributed by atoms with Gasteiger partial charge >= 0.3 is 0 Å². The van der Waals surface area contributed by atoms with E-state index in [1.165, 1.54) is 6.42 Å². The predicted octanol–water partition coefficient (Wildman–Crippen LogP) is -0.0313. The number of unbranched alkanes of at least 4 members (excludes halogenated alkanes) is 1. The van der Waals surface area contributed by atoms with Crippen LogP contribution in [0.5, 0.6) is 0 Å². The summed E-state index contributed by atoms with van der Waals surface area (Å²) in [6.45, 7) is 5.72. The molecular formula is C4H13O2Zr-. The molecule has 7 heavy (non-hydrogen) atoms. The van der Waals surface area contributed by atoms with Gasteiger partial charge in [-0.05, 0) is 0 Å². The van der Waals surface area contributed by atoms with Crippen LogP contribution in [0.2, 0.25) is 0 Å². The summed E-state index contributed by atoms with van der Waals surface area (Å²) in [4.78, 5) is 0. The zero-order valence-corrected chi connectivity index (χ0v) is 7.08. The second-order valence-electron chi connectivity index (χ2n) is 0.854. The molecule has 0 amide bonds. The first-order chi connectivity index (χ1) is 1.91. The SMILES string of the molecule is O.O.[CH2-]CCC.[Zr]. The summed E-state index contributed by atoms with van der Waals surface area (Å²) in [5.74, 6) is 0. The van der Waals surface area contributed by atoms with Crippen molar-refractivity contribution in [3.8, 4) is 0 Å². The fraction of sp³-hybridized carbons (Fsp3) is 0.750. The van der Waals surface area contributed by atoms with Crippen molar-refractivity contribution in [2.75, 3.05) is 0 Å². The van der Waals surface area contributed by atoms with Crippen molar-refractivity contribution in [3.05, 3.63) is 6.92 Å². The molecule has 0 atom stereocenters. The second-order valence-corrected chi connectivity index (χ2v) is 0.854. The van der Waals surface area contributed by atoms with Crippen LogP contribution in [-0.2, 0) is 26.2 Å². The van der Waals surface area contributed by atoms with Gasteiger partial charge < -0.3 is 17.9 Å². The first-order valence-electron chi connectivity index (χ1n) is 1.71. The van der Waals surface area contributed by atoms with Gasteiger partial charge in [0.05, 0.1) is 0 Å². The van der Waals surface area contributed by atoms with Crippen molar-refractivity contribution < 1.29 is 37.2 Å². The number of rotatable bonds is 1. The summed E-state index contributed by atoms with van der Waals surface area (Å²) in [5.41, 5.74) is 0. The Bertz CT molecular complexity index is 11.7. The van der Waals surface area contributed by atoms with Crippen LogP contribution < -0.4 is 0 Å². The van der Waals surface area contributed by atoms with Crippen molar-refractivity contribution in [3.63, 3.8) is 0 Å². The summed E-state index contributed by atoms with van der Waals surface area (Å²) in [5, 5.41) is 0. The fourth-order valence-electron chi connectivity index (χ4n) is 0. The molecule has 0 aliphatic rings. The summed E-state index contributed by atoms with van der Waals surface area (Å²) < 4.78 is 0. The van der Waals surface area contributed by atoms with E-state index >= 15 is 0 Å².